The quantitative estimate of drug-likeness (QED) is 0.496. The lowest BCUT2D eigenvalue weighted by molar-refractivity contribution is 0.528. The van der Waals surface area contributed by atoms with Crippen LogP contribution in [0.25, 0.3) is 0 Å². The van der Waals surface area contributed by atoms with Gasteiger partial charge in [0.1, 0.15) is 0 Å². The first-order valence-electron chi connectivity index (χ1n) is 7.45. The van der Waals surface area contributed by atoms with E-state index < -0.39 is 0 Å². The molecule has 0 fully saturated rings. The third-order valence-electron chi connectivity index (χ3n) is 3.33. The number of benzene rings is 2. The molecule has 0 saturated carbocycles. The fraction of sp³-hybridized carbons (Fsp3) is 0.316. The summed E-state index contributed by atoms with van der Waals surface area (Å²) >= 11 is 3.61. The molecule has 0 aliphatic rings. The van der Waals surface area contributed by atoms with Gasteiger partial charge in [0, 0.05) is 16.5 Å². The normalized spacial score (nSPS) is 12.2. The van der Waals surface area contributed by atoms with Crippen molar-refractivity contribution in [2.24, 2.45) is 10.9 Å². The highest BCUT2D eigenvalue weighted by Crippen LogP contribution is 2.16. The van der Waals surface area contributed by atoms with Crippen LogP contribution >= 0.6 is 15.9 Å². The van der Waals surface area contributed by atoms with Gasteiger partial charge in [0.2, 0.25) is 0 Å². The standard InChI is InChI=1S/C19H22BrN/c1-15(2)13-18(14-20)21-19(16-9-5-3-6-10-16)17-11-7-4-8-12-17/h3-12,15,18H,13-14H2,1-2H3/t18-/m0/s1. The maximum atomic E-state index is 5.04. The third kappa shape index (κ3) is 4.82. The van der Waals surface area contributed by atoms with Crippen LogP contribution in [0.1, 0.15) is 31.4 Å². The number of halogens is 1. The van der Waals surface area contributed by atoms with Crippen LogP contribution < -0.4 is 0 Å². The van der Waals surface area contributed by atoms with E-state index in [0.717, 1.165) is 17.5 Å². The van der Waals surface area contributed by atoms with Crippen molar-refractivity contribution >= 4 is 21.6 Å². The molecule has 110 valence electrons. The molecular weight excluding hydrogens is 322 g/mol. The van der Waals surface area contributed by atoms with E-state index in [0.29, 0.717) is 12.0 Å². The Labute approximate surface area is 136 Å². The average Bonchev–Trinajstić information content (AvgIpc) is 2.52. The first kappa shape index (κ1) is 16.0. The van der Waals surface area contributed by atoms with Gasteiger partial charge in [-0.25, -0.2) is 0 Å². The highest BCUT2D eigenvalue weighted by atomic mass is 79.9. The Morgan fingerprint density at radius 2 is 1.38 bits per heavy atom. The molecule has 1 atom stereocenters. The minimum atomic E-state index is 0.306. The molecule has 0 radical (unpaired) electrons. The van der Waals surface area contributed by atoms with Crippen LogP contribution in [0.15, 0.2) is 65.7 Å². The molecule has 21 heavy (non-hydrogen) atoms. The Morgan fingerprint density at radius 1 is 0.905 bits per heavy atom. The van der Waals surface area contributed by atoms with E-state index in [4.69, 9.17) is 4.99 Å². The van der Waals surface area contributed by atoms with Crippen molar-refractivity contribution in [3.8, 4) is 0 Å². The minimum Gasteiger partial charge on any atom is -0.280 e. The Hall–Kier alpha value is -1.41. The summed E-state index contributed by atoms with van der Waals surface area (Å²) in [4.78, 5) is 5.04. The number of hydrogen-bond donors (Lipinski definition) is 0. The van der Waals surface area contributed by atoms with Crippen LogP contribution in [0.4, 0.5) is 0 Å². The molecule has 0 aliphatic carbocycles. The van der Waals surface area contributed by atoms with Crippen molar-refractivity contribution in [1.29, 1.82) is 0 Å². The molecule has 1 nitrogen and oxygen atoms in total. The largest absolute Gasteiger partial charge is 0.280 e. The summed E-state index contributed by atoms with van der Waals surface area (Å²) in [6, 6.07) is 21.2. The summed E-state index contributed by atoms with van der Waals surface area (Å²) in [6.07, 6.45) is 1.09. The molecule has 0 saturated heterocycles. The zero-order chi connectivity index (χ0) is 15.1. The molecule has 2 rings (SSSR count). The van der Waals surface area contributed by atoms with Crippen molar-refractivity contribution in [3.05, 3.63) is 71.8 Å². The molecule has 0 aromatic heterocycles. The number of aliphatic imine (C=N–C) groups is 1. The zero-order valence-electron chi connectivity index (χ0n) is 12.7. The van der Waals surface area contributed by atoms with Crippen LogP contribution in [-0.2, 0) is 0 Å². The van der Waals surface area contributed by atoms with Crippen LogP contribution in [0.2, 0.25) is 0 Å². The molecule has 0 spiro atoms. The molecule has 2 aromatic rings. The lowest BCUT2D eigenvalue weighted by atomic mass is 10.0. The predicted octanol–water partition coefficient (Wildman–Crippen LogP) is 5.33. The Kier molecular flexibility index (Phi) is 6.19. The second-order valence-corrected chi connectivity index (χ2v) is 6.29. The molecule has 0 bridgehead atoms. The van der Waals surface area contributed by atoms with Crippen molar-refractivity contribution in [2.75, 3.05) is 5.33 Å². The summed E-state index contributed by atoms with van der Waals surface area (Å²) < 4.78 is 0. The summed E-state index contributed by atoms with van der Waals surface area (Å²) in [5.41, 5.74) is 3.44. The fourth-order valence-corrected chi connectivity index (χ4v) is 2.79. The smallest absolute Gasteiger partial charge is 0.0722 e. The van der Waals surface area contributed by atoms with E-state index in [1.165, 1.54) is 11.1 Å². The van der Waals surface area contributed by atoms with Gasteiger partial charge >= 0.3 is 0 Å². The third-order valence-corrected chi connectivity index (χ3v) is 4.08. The Morgan fingerprint density at radius 3 is 1.76 bits per heavy atom. The van der Waals surface area contributed by atoms with Crippen molar-refractivity contribution in [1.82, 2.24) is 0 Å². The molecule has 2 heteroatoms. The highest BCUT2D eigenvalue weighted by molar-refractivity contribution is 9.09. The van der Waals surface area contributed by atoms with E-state index in [1.807, 2.05) is 12.1 Å². The number of nitrogens with zero attached hydrogens (tertiary/aromatic N) is 1. The first-order valence-corrected chi connectivity index (χ1v) is 8.57. The van der Waals surface area contributed by atoms with Crippen LogP contribution in [-0.4, -0.2) is 17.1 Å². The molecule has 0 N–H and O–H groups in total. The summed E-state index contributed by atoms with van der Waals surface area (Å²) in [6.45, 7) is 4.49. The van der Waals surface area contributed by atoms with Gasteiger partial charge in [-0.2, -0.15) is 0 Å². The number of alkyl halides is 1. The first-order chi connectivity index (χ1) is 10.2. The van der Waals surface area contributed by atoms with Crippen molar-refractivity contribution < 1.29 is 0 Å². The molecule has 0 unspecified atom stereocenters. The number of hydrogen-bond acceptors (Lipinski definition) is 1. The minimum absolute atomic E-state index is 0.306. The maximum Gasteiger partial charge on any atom is 0.0722 e. The van der Waals surface area contributed by atoms with Gasteiger partial charge in [-0.15, -0.1) is 0 Å². The van der Waals surface area contributed by atoms with Crippen LogP contribution in [0.5, 0.6) is 0 Å². The van der Waals surface area contributed by atoms with Crippen molar-refractivity contribution in [2.45, 2.75) is 26.3 Å². The lowest BCUT2D eigenvalue weighted by Crippen LogP contribution is -2.15. The van der Waals surface area contributed by atoms with E-state index >= 15 is 0 Å². The van der Waals surface area contributed by atoms with Gasteiger partial charge in [0.25, 0.3) is 0 Å². The van der Waals surface area contributed by atoms with Gasteiger partial charge < -0.3 is 0 Å². The summed E-state index contributed by atoms with van der Waals surface area (Å²) in [5.74, 6) is 0.643. The van der Waals surface area contributed by atoms with E-state index in [2.05, 4.69) is 78.3 Å². The van der Waals surface area contributed by atoms with Gasteiger partial charge in [0.15, 0.2) is 0 Å². The maximum absolute atomic E-state index is 5.04. The fourth-order valence-electron chi connectivity index (χ4n) is 2.38. The molecular formula is C19H22BrN. The second-order valence-electron chi connectivity index (χ2n) is 5.65. The lowest BCUT2D eigenvalue weighted by Gasteiger charge is -2.15. The van der Waals surface area contributed by atoms with Crippen molar-refractivity contribution in [3.63, 3.8) is 0 Å². The topological polar surface area (TPSA) is 12.4 Å². The SMILES string of the molecule is CC(C)C[C@@H](CBr)N=C(c1ccccc1)c1ccccc1. The zero-order valence-corrected chi connectivity index (χ0v) is 14.3. The van der Waals surface area contributed by atoms with E-state index in [-0.39, 0.29) is 0 Å². The second kappa shape index (κ2) is 8.14. The Bertz CT molecular complexity index is 519. The van der Waals surface area contributed by atoms with Gasteiger partial charge in [-0.1, -0.05) is 90.4 Å². The van der Waals surface area contributed by atoms with Gasteiger partial charge in [-0.05, 0) is 12.3 Å². The molecule has 0 aliphatic heterocycles. The predicted molar refractivity (Wildman–Crippen MR) is 95.6 cm³/mol. The summed E-state index contributed by atoms with van der Waals surface area (Å²) in [5, 5.41) is 0.897. The molecule has 2 aromatic carbocycles. The van der Waals surface area contributed by atoms with Crippen LogP contribution in [0, 0.1) is 5.92 Å². The monoisotopic (exact) mass is 343 g/mol. The molecule has 0 amide bonds. The van der Waals surface area contributed by atoms with Gasteiger partial charge in [-0.3, -0.25) is 4.99 Å². The van der Waals surface area contributed by atoms with E-state index in [9.17, 15) is 0 Å². The average molecular weight is 344 g/mol. The number of rotatable bonds is 6. The van der Waals surface area contributed by atoms with Gasteiger partial charge in [0.05, 0.1) is 11.8 Å². The summed E-state index contributed by atoms with van der Waals surface area (Å²) in [7, 11) is 0. The van der Waals surface area contributed by atoms with Crippen LogP contribution in [0.3, 0.4) is 0 Å². The van der Waals surface area contributed by atoms with E-state index in [1.54, 1.807) is 0 Å². The highest BCUT2D eigenvalue weighted by Gasteiger charge is 2.12. The Balaban J connectivity index is 2.41. The molecule has 0 heterocycles.